The van der Waals surface area contributed by atoms with Crippen LogP contribution in [-0.4, -0.2) is 88.2 Å². The Labute approximate surface area is 335 Å². The summed E-state index contributed by atoms with van der Waals surface area (Å²) in [4.78, 5) is 28.7. The van der Waals surface area contributed by atoms with Gasteiger partial charge in [-0.05, 0) is 121 Å². The highest BCUT2D eigenvalue weighted by Crippen LogP contribution is 2.32. The number of nitrogens with zero attached hydrogens (tertiary/aromatic N) is 3. The lowest BCUT2D eigenvalue weighted by atomic mass is 9.98. The van der Waals surface area contributed by atoms with Gasteiger partial charge in [-0.2, -0.15) is 4.31 Å². The Balaban J connectivity index is 0.000000311. The molecule has 2 aliphatic rings. The van der Waals surface area contributed by atoms with Crippen LogP contribution in [0.4, 0.5) is 11.4 Å². The fourth-order valence-corrected chi connectivity index (χ4v) is 8.27. The predicted octanol–water partition coefficient (Wildman–Crippen LogP) is 7.58. The molecule has 3 aromatic carbocycles. The predicted molar refractivity (Wildman–Crippen MR) is 226 cm³/mol. The van der Waals surface area contributed by atoms with E-state index in [0.29, 0.717) is 63.6 Å². The first-order chi connectivity index (χ1) is 26.0. The molecule has 3 N–H and O–H groups in total. The first-order valence-corrected chi connectivity index (χ1v) is 20.7. The second-order valence-corrected chi connectivity index (χ2v) is 17.7. The molecule has 0 radical (unpaired) electrons. The Morgan fingerprint density at radius 3 is 1.71 bits per heavy atom. The van der Waals surface area contributed by atoms with Crippen molar-refractivity contribution < 1.29 is 27.5 Å². The van der Waals surface area contributed by atoms with Crippen LogP contribution in [0.1, 0.15) is 84.1 Å². The lowest BCUT2D eigenvalue weighted by Crippen LogP contribution is -2.37. The van der Waals surface area contributed by atoms with Gasteiger partial charge in [0.15, 0.2) is 0 Å². The van der Waals surface area contributed by atoms with E-state index in [4.69, 9.17) is 20.9 Å². The van der Waals surface area contributed by atoms with Gasteiger partial charge < -0.3 is 36.1 Å². The topological polar surface area (TPSA) is 156 Å². The van der Waals surface area contributed by atoms with E-state index >= 15 is 0 Å². The lowest BCUT2D eigenvalue weighted by Gasteiger charge is -2.34. The molecule has 56 heavy (non-hydrogen) atoms. The number of sulfonamides is 1. The van der Waals surface area contributed by atoms with E-state index < -0.39 is 21.2 Å². The molecule has 2 heterocycles. The lowest BCUT2D eigenvalue weighted by molar-refractivity contribution is -0.155. The number of carbonyl (C=O) groups is 2. The Hall–Kier alpha value is -4.01. The summed E-state index contributed by atoms with van der Waals surface area (Å²) in [6, 6.07) is 20.7. The van der Waals surface area contributed by atoms with Gasteiger partial charge in [-0.1, -0.05) is 49.9 Å². The molecule has 0 fully saturated rings. The Morgan fingerprint density at radius 1 is 0.714 bits per heavy atom. The maximum atomic E-state index is 13.0. The minimum absolute atomic E-state index is 0. The molecule has 0 saturated carbocycles. The molecule has 310 valence electrons. The Kier molecular flexibility index (Phi) is 17.3. The molecule has 2 aliphatic heterocycles. The minimum Gasteiger partial charge on any atom is -0.676 e. The van der Waals surface area contributed by atoms with Crippen LogP contribution in [0.3, 0.4) is 0 Å². The van der Waals surface area contributed by atoms with Crippen molar-refractivity contribution >= 4 is 33.3 Å². The Morgan fingerprint density at radius 2 is 1.21 bits per heavy atom. The first kappa shape index (κ1) is 46.4. The van der Waals surface area contributed by atoms with E-state index in [1.165, 1.54) is 21.1 Å². The molecule has 0 amide bonds. The fourth-order valence-electron chi connectivity index (χ4n) is 6.83. The number of hydrogen-bond donors (Lipinski definition) is 1. The number of anilines is 2. The van der Waals surface area contributed by atoms with Crippen LogP contribution in [0.15, 0.2) is 71.6 Å². The van der Waals surface area contributed by atoms with Gasteiger partial charge in [-0.15, -0.1) is 13.1 Å². The van der Waals surface area contributed by atoms with Gasteiger partial charge in [0, 0.05) is 44.1 Å². The van der Waals surface area contributed by atoms with Crippen molar-refractivity contribution in [2.75, 3.05) is 62.2 Å². The zero-order chi connectivity index (χ0) is 40.2. The summed E-state index contributed by atoms with van der Waals surface area (Å²) >= 11 is 0. The third-order valence-electron chi connectivity index (χ3n) is 9.16. The van der Waals surface area contributed by atoms with E-state index in [1.54, 1.807) is 30.3 Å². The normalized spacial score (nSPS) is 14.2. The zero-order valence-corrected chi connectivity index (χ0v) is 34.3. The van der Waals surface area contributed by atoms with Crippen molar-refractivity contribution in [3.8, 4) is 0 Å². The minimum atomic E-state index is -3.56. The van der Waals surface area contributed by atoms with Gasteiger partial charge in [-0.3, -0.25) is 9.59 Å². The molecule has 13 heteroatoms. The van der Waals surface area contributed by atoms with Crippen LogP contribution in [-0.2, 0) is 55.0 Å². The van der Waals surface area contributed by atoms with E-state index in [9.17, 15) is 18.0 Å². The van der Waals surface area contributed by atoms with Crippen LogP contribution in [0.25, 0.3) is 11.5 Å². The summed E-state index contributed by atoms with van der Waals surface area (Å²) < 4.78 is 38.4. The molecule has 0 bridgehead atoms. The summed E-state index contributed by atoms with van der Waals surface area (Å²) in [6.07, 6.45) is 2.15. The first-order valence-electron chi connectivity index (χ1n) is 19.2. The highest BCUT2D eigenvalue weighted by molar-refractivity contribution is 7.89. The summed E-state index contributed by atoms with van der Waals surface area (Å²) in [5, 5.41) is 3.39. The maximum absolute atomic E-state index is 13.0. The summed E-state index contributed by atoms with van der Waals surface area (Å²) in [5.74, 6) is -0.448. The fraction of sp³-hybridized carbons (Fsp3) is 0.535. The van der Waals surface area contributed by atoms with Crippen LogP contribution in [0.2, 0.25) is 0 Å². The zero-order valence-electron chi connectivity index (χ0n) is 33.4. The van der Waals surface area contributed by atoms with Crippen molar-refractivity contribution in [3.63, 3.8) is 0 Å². The number of hydrogen-bond acceptors (Lipinski definition) is 9. The third kappa shape index (κ3) is 13.6. The summed E-state index contributed by atoms with van der Waals surface area (Å²) in [7, 11) is -3.56. The molecular formula is C43H64N6O6S-2. The number of benzene rings is 3. The molecule has 0 aliphatic carbocycles. The molecule has 12 nitrogen and oxygen atoms in total. The molecule has 0 atom stereocenters. The SMILES string of the molecule is C.CC(C)(C)OC(=O)CCN(CC[NH-])c1cccc2c1CCN(S(=O)(=O)c1ccccc1)C2.CC(C)(C)OC(=O)CCN(CC[NH-])c1cccc2c1CCNC2. The molecule has 0 unspecified atom stereocenters. The maximum Gasteiger partial charge on any atom is 0.308 e. The van der Waals surface area contributed by atoms with E-state index in [1.807, 2.05) is 64.6 Å². The van der Waals surface area contributed by atoms with Crippen molar-refractivity contribution in [1.29, 1.82) is 0 Å². The standard InChI is InChI=1S/C24H32N3O4S.C18H28N3O2.CH4/c1-24(2,3)31-23(28)13-15-26(17-14-25)22-11-7-8-19-18-27(16-12-21(19)22)32(29,30)20-9-5-4-6-10-20;1-18(2,3)23-17(22)8-11-21(12-9-19)16-6-4-5-14-13-20-10-7-15(14)16;/h4-11,25H,12-18H2,1-3H3;4-6,19-20H,7-13H2,1-3H3;1H4/q2*-1;. The average molecular weight is 793 g/mol. The number of fused-ring (bicyclic) bond motifs is 2. The largest absolute Gasteiger partial charge is 0.676 e. The van der Waals surface area contributed by atoms with Crippen LogP contribution >= 0.6 is 0 Å². The van der Waals surface area contributed by atoms with Gasteiger partial charge in [0.05, 0.1) is 17.7 Å². The van der Waals surface area contributed by atoms with Gasteiger partial charge in [0.2, 0.25) is 10.0 Å². The highest BCUT2D eigenvalue weighted by Gasteiger charge is 2.30. The van der Waals surface area contributed by atoms with E-state index in [-0.39, 0.29) is 32.3 Å². The van der Waals surface area contributed by atoms with Crippen molar-refractivity contribution in [2.24, 2.45) is 0 Å². The molecular weight excluding hydrogens is 729 g/mol. The van der Waals surface area contributed by atoms with Gasteiger partial charge in [0.25, 0.3) is 0 Å². The van der Waals surface area contributed by atoms with E-state index in [0.717, 1.165) is 36.3 Å². The average Bonchev–Trinajstić information content (AvgIpc) is 3.13. The number of esters is 2. The van der Waals surface area contributed by atoms with Gasteiger partial charge >= 0.3 is 11.9 Å². The van der Waals surface area contributed by atoms with Crippen LogP contribution in [0, 0.1) is 0 Å². The molecule has 0 aromatic heterocycles. The second-order valence-electron chi connectivity index (χ2n) is 15.8. The van der Waals surface area contributed by atoms with Crippen molar-refractivity contribution in [2.45, 2.75) is 104 Å². The molecule has 3 aromatic rings. The van der Waals surface area contributed by atoms with Gasteiger partial charge in [-0.25, -0.2) is 8.42 Å². The van der Waals surface area contributed by atoms with Crippen LogP contribution < -0.4 is 15.1 Å². The van der Waals surface area contributed by atoms with Crippen molar-refractivity contribution in [1.82, 2.24) is 9.62 Å². The summed E-state index contributed by atoms with van der Waals surface area (Å²) in [6.45, 7) is 16.4. The quantitative estimate of drug-likeness (QED) is 0.163. The number of ether oxygens (including phenoxy) is 2. The number of rotatable bonds is 14. The smallest absolute Gasteiger partial charge is 0.308 e. The molecule has 5 rings (SSSR count). The number of nitrogens with one attached hydrogen (secondary N) is 3. The van der Waals surface area contributed by atoms with Gasteiger partial charge in [0.1, 0.15) is 11.2 Å². The highest BCUT2D eigenvalue weighted by atomic mass is 32.2. The van der Waals surface area contributed by atoms with E-state index in [2.05, 4.69) is 28.4 Å². The van der Waals surface area contributed by atoms with Crippen LogP contribution in [0.5, 0.6) is 0 Å². The number of carbonyl (C=O) groups excluding carboxylic acids is 2. The second kappa shape index (κ2) is 20.9. The molecule has 0 saturated heterocycles. The van der Waals surface area contributed by atoms with Crippen molar-refractivity contribution in [3.05, 3.63) is 100 Å². The third-order valence-corrected chi connectivity index (χ3v) is 11.0. The monoisotopic (exact) mass is 792 g/mol. The molecule has 0 spiro atoms. The Bertz CT molecular complexity index is 1820. The summed E-state index contributed by atoms with van der Waals surface area (Å²) in [5.41, 5.74) is 21.2.